The van der Waals surface area contributed by atoms with Crippen LogP contribution in [0.25, 0.3) is 6.08 Å². The number of primary amides is 2. The van der Waals surface area contributed by atoms with Gasteiger partial charge in [-0.2, -0.15) is 0 Å². The van der Waals surface area contributed by atoms with E-state index in [0.717, 1.165) is 11.1 Å². The first-order chi connectivity index (χ1) is 21.4. The molecule has 0 aromatic heterocycles. The van der Waals surface area contributed by atoms with E-state index in [2.05, 4.69) is 16.0 Å². The number of amides is 5. The van der Waals surface area contributed by atoms with Crippen LogP contribution in [-0.2, 0) is 35.3 Å². The SMILES string of the molecule is CC(NC(=O)/C=C/c1ccc(Cl)cc1)C(=O)C[C@@H](CCC(=O)NC(CCCCNC(=O)OCc1ccccc1)C(N)=O)C(N)=O. The van der Waals surface area contributed by atoms with E-state index in [1.807, 2.05) is 30.3 Å². The van der Waals surface area contributed by atoms with Crippen molar-refractivity contribution < 1.29 is 33.5 Å². The van der Waals surface area contributed by atoms with E-state index < -0.39 is 53.5 Å². The summed E-state index contributed by atoms with van der Waals surface area (Å²) >= 11 is 5.84. The summed E-state index contributed by atoms with van der Waals surface area (Å²) in [4.78, 5) is 73.1. The van der Waals surface area contributed by atoms with Crippen LogP contribution in [0, 0.1) is 5.92 Å². The fraction of sp³-hybridized carbons (Fsp3) is 0.375. The first-order valence-electron chi connectivity index (χ1n) is 14.5. The number of alkyl carbamates (subject to hydrolysis) is 1. The summed E-state index contributed by atoms with van der Waals surface area (Å²) in [6, 6.07) is 14.2. The molecule has 13 heteroatoms. The molecule has 2 unspecified atom stereocenters. The standard InChI is InChI=1S/C32H40ClN5O7/c1-21(37-28(40)16-12-22-10-14-25(33)15-11-22)27(39)19-24(30(34)42)13-17-29(41)38-26(31(35)43)9-5-6-18-36-32(44)45-20-23-7-3-2-4-8-23/h2-4,7-8,10-12,14-16,21,24,26H,5-6,9,13,17-20H2,1H3,(H2,34,42)(H2,35,43)(H,36,44)(H,37,40)(H,38,41)/b16-12+/t21?,24-,26?/m1/s1. The van der Waals surface area contributed by atoms with Gasteiger partial charge < -0.3 is 32.2 Å². The highest BCUT2D eigenvalue weighted by Crippen LogP contribution is 2.14. The van der Waals surface area contributed by atoms with Gasteiger partial charge in [-0.15, -0.1) is 0 Å². The number of nitrogens with one attached hydrogen (secondary N) is 3. The summed E-state index contributed by atoms with van der Waals surface area (Å²) in [5, 5.41) is 8.27. The van der Waals surface area contributed by atoms with E-state index in [1.165, 1.54) is 13.0 Å². The Hall–Kier alpha value is -4.71. The Balaban J connectivity index is 1.71. The van der Waals surface area contributed by atoms with Crippen LogP contribution in [0.15, 0.2) is 60.7 Å². The topological polar surface area (TPSA) is 200 Å². The number of carbonyl (C=O) groups excluding carboxylic acids is 6. The fourth-order valence-corrected chi connectivity index (χ4v) is 4.27. The molecule has 0 heterocycles. The van der Waals surface area contributed by atoms with Crippen molar-refractivity contribution in [3.05, 3.63) is 76.8 Å². The van der Waals surface area contributed by atoms with E-state index in [1.54, 1.807) is 30.3 Å². The van der Waals surface area contributed by atoms with Gasteiger partial charge in [0, 0.05) is 36.4 Å². The molecular weight excluding hydrogens is 602 g/mol. The van der Waals surface area contributed by atoms with Crippen LogP contribution in [-0.4, -0.2) is 54.1 Å². The lowest BCUT2D eigenvalue weighted by atomic mass is 9.93. The monoisotopic (exact) mass is 641 g/mol. The lowest BCUT2D eigenvalue weighted by molar-refractivity contribution is -0.130. The van der Waals surface area contributed by atoms with Gasteiger partial charge in [-0.25, -0.2) is 4.79 Å². The molecule has 2 aromatic carbocycles. The highest BCUT2D eigenvalue weighted by molar-refractivity contribution is 6.30. The van der Waals surface area contributed by atoms with Gasteiger partial charge in [0.25, 0.3) is 0 Å². The number of hydrogen-bond donors (Lipinski definition) is 5. The number of ketones is 1. The van der Waals surface area contributed by atoms with E-state index in [0.29, 0.717) is 24.4 Å². The number of unbranched alkanes of at least 4 members (excludes halogenated alkanes) is 1. The Kier molecular flexibility index (Phi) is 15.8. The fourth-order valence-electron chi connectivity index (χ4n) is 4.15. The molecule has 242 valence electrons. The minimum absolute atomic E-state index is 0.0372. The molecule has 12 nitrogen and oxygen atoms in total. The molecule has 0 aliphatic carbocycles. The third kappa shape index (κ3) is 15.0. The molecule has 45 heavy (non-hydrogen) atoms. The maximum Gasteiger partial charge on any atom is 0.407 e. The summed E-state index contributed by atoms with van der Waals surface area (Å²) in [6.45, 7) is 1.94. The van der Waals surface area contributed by atoms with Crippen molar-refractivity contribution in [2.24, 2.45) is 17.4 Å². The number of carbonyl (C=O) groups is 6. The van der Waals surface area contributed by atoms with E-state index >= 15 is 0 Å². The number of benzene rings is 2. The number of Topliss-reactive ketones (excluding diaryl/α,β-unsaturated/α-hetero) is 1. The zero-order valence-corrected chi connectivity index (χ0v) is 25.9. The highest BCUT2D eigenvalue weighted by Gasteiger charge is 2.25. The number of halogens is 1. The first kappa shape index (κ1) is 36.5. The number of hydrogen-bond acceptors (Lipinski definition) is 7. The summed E-state index contributed by atoms with van der Waals surface area (Å²) in [5.41, 5.74) is 12.5. The minimum Gasteiger partial charge on any atom is -0.445 e. The molecule has 0 aliphatic rings. The van der Waals surface area contributed by atoms with Crippen molar-refractivity contribution in [3.63, 3.8) is 0 Å². The molecule has 0 radical (unpaired) electrons. The first-order valence-corrected chi connectivity index (χ1v) is 14.9. The van der Waals surface area contributed by atoms with Crippen LogP contribution in [0.3, 0.4) is 0 Å². The molecule has 0 bridgehead atoms. The predicted octanol–water partition coefficient (Wildman–Crippen LogP) is 2.77. The summed E-state index contributed by atoms with van der Waals surface area (Å²) < 4.78 is 5.13. The number of nitrogens with two attached hydrogens (primary N) is 2. The number of ether oxygens (including phenoxy) is 1. The summed E-state index contributed by atoms with van der Waals surface area (Å²) in [7, 11) is 0. The lowest BCUT2D eigenvalue weighted by Gasteiger charge is -2.18. The Labute approximate surface area is 267 Å². The zero-order valence-electron chi connectivity index (χ0n) is 25.1. The largest absolute Gasteiger partial charge is 0.445 e. The molecule has 0 spiro atoms. The molecule has 3 atom stereocenters. The Morgan fingerprint density at radius 3 is 2.22 bits per heavy atom. The van der Waals surface area contributed by atoms with Crippen molar-refractivity contribution in [2.75, 3.05) is 6.54 Å². The Morgan fingerprint density at radius 2 is 1.58 bits per heavy atom. The second-order valence-corrected chi connectivity index (χ2v) is 10.9. The predicted molar refractivity (Wildman–Crippen MR) is 169 cm³/mol. The smallest absolute Gasteiger partial charge is 0.407 e. The highest BCUT2D eigenvalue weighted by atomic mass is 35.5. The molecule has 0 saturated heterocycles. The van der Waals surface area contributed by atoms with Gasteiger partial charge >= 0.3 is 6.09 Å². The van der Waals surface area contributed by atoms with Crippen LogP contribution in [0.4, 0.5) is 4.79 Å². The van der Waals surface area contributed by atoms with Gasteiger partial charge in [0.05, 0.1) is 6.04 Å². The maximum absolute atomic E-state index is 12.7. The molecule has 2 rings (SSSR count). The van der Waals surface area contributed by atoms with Gasteiger partial charge in [-0.3, -0.25) is 24.0 Å². The quantitative estimate of drug-likeness (QED) is 0.115. The molecule has 0 saturated carbocycles. The molecule has 0 fully saturated rings. The average molecular weight is 642 g/mol. The van der Waals surface area contributed by atoms with Gasteiger partial charge in [0.2, 0.25) is 23.6 Å². The third-order valence-corrected chi connectivity index (χ3v) is 7.04. The van der Waals surface area contributed by atoms with Gasteiger partial charge in [0.1, 0.15) is 12.6 Å². The summed E-state index contributed by atoms with van der Waals surface area (Å²) in [6.07, 6.45) is 3.01. The second-order valence-electron chi connectivity index (χ2n) is 10.4. The van der Waals surface area contributed by atoms with Crippen LogP contribution < -0.4 is 27.4 Å². The van der Waals surface area contributed by atoms with Crippen molar-refractivity contribution >= 4 is 53.2 Å². The van der Waals surface area contributed by atoms with Crippen molar-refractivity contribution in [1.29, 1.82) is 0 Å². The van der Waals surface area contributed by atoms with Gasteiger partial charge in [0.15, 0.2) is 5.78 Å². The van der Waals surface area contributed by atoms with Crippen molar-refractivity contribution in [1.82, 2.24) is 16.0 Å². The lowest BCUT2D eigenvalue weighted by Crippen LogP contribution is -2.44. The third-order valence-electron chi connectivity index (χ3n) is 6.79. The van der Waals surface area contributed by atoms with Gasteiger partial charge in [-0.1, -0.05) is 54.1 Å². The Bertz CT molecular complexity index is 1340. The maximum atomic E-state index is 12.7. The zero-order chi connectivity index (χ0) is 33.2. The van der Waals surface area contributed by atoms with Gasteiger partial charge in [-0.05, 0) is 61.9 Å². The summed E-state index contributed by atoms with van der Waals surface area (Å²) in [5.74, 6) is -3.91. The molecule has 0 aliphatic heterocycles. The van der Waals surface area contributed by atoms with Crippen molar-refractivity contribution in [2.45, 2.75) is 64.1 Å². The van der Waals surface area contributed by atoms with Crippen LogP contribution in [0.1, 0.15) is 56.6 Å². The van der Waals surface area contributed by atoms with Crippen LogP contribution >= 0.6 is 11.6 Å². The normalized spacial score (nSPS) is 12.8. The molecule has 7 N–H and O–H groups in total. The number of rotatable bonds is 19. The minimum atomic E-state index is -0.952. The molecule has 2 aromatic rings. The van der Waals surface area contributed by atoms with E-state index in [4.69, 9.17) is 27.8 Å². The van der Waals surface area contributed by atoms with Crippen LogP contribution in [0.2, 0.25) is 5.02 Å². The molecular formula is C32H40ClN5O7. The Morgan fingerprint density at radius 1 is 0.889 bits per heavy atom. The second kappa shape index (κ2) is 19.5. The van der Waals surface area contributed by atoms with E-state index in [-0.39, 0.29) is 32.3 Å². The van der Waals surface area contributed by atoms with E-state index in [9.17, 15) is 28.8 Å². The van der Waals surface area contributed by atoms with Crippen LogP contribution in [0.5, 0.6) is 0 Å². The van der Waals surface area contributed by atoms with Crippen molar-refractivity contribution in [3.8, 4) is 0 Å². The molecule has 5 amide bonds. The average Bonchev–Trinajstić information content (AvgIpc) is 3.01.